The van der Waals surface area contributed by atoms with Crippen molar-refractivity contribution in [1.82, 2.24) is 15.1 Å². The van der Waals surface area contributed by atoms with Crippen LogP contribution in [0.2, 0.25) is 15.1 Å². The zero-order valence-electron chi connectivity index (χ0n) is 16.9. The molecule has 0 unspecified atom stereocenters. The topological polar surface area (TPSA) is 76.0 Å². The third-order valence-corrected chi connectivity index (χ3v) is 6.95. The van der Waals surface area contributed by atoms with Crippen LogP contribution >= 0.6 is 58.0 Å². The molecule has 2 aromatic carbocycles. The molecule has 6 nitrogen and oxygen atoms in total. The normalized spacial score (nSPS) is 18.6. The fourth-order valence-electron chi connectivity index (χ4n) is 3.63. The Balaban J connectivity index is 1.43. The lowest BCUT2D eigenvalue weighted by atomic mass is 10.1. The van der Waals surface area contributed by atoms with Crippen LogP contribution in [0.4, 0.5) is 5.69 Å². The second-order valence-electron chi connectivity index (χ2n) is 7.54. The molecule has 4 rings (SSSR count). The van der Waals surface area contributed by atoms with Crippen molar-refractivity contribution in [2.24, 2.45) is 5.92 Å². The molecule has 2 N–H and O–H groups in total. The number of hydrogen-bond acceptors (Lipinski definition) is 3. The second kappa shape index (κ2) is 9.72. The first-order valence-corrected chi connectivity index (χ1v) is 11.8. The van der Waals surface area contributed by atoms with Crippen molar-refractivity contribution < 1.29 is 9.59 Å². The maximum atomic E-state index is 12.9. The lowest BCUT2D eigenvalue weighted by Crippen LogP contribution is -2.27. The highest BCUT2D eigenvalue weighted by Gasteiger charge is 2.67. The third kappa shape index (κ3) is 5.42. The summed E-state index contributed by atoms with van der Waals surface area (Å²) in [5.41, 5.74) is 1.29. The minimum absolute atomic E-state index is 0.229. The average molecular weight is 547 g/mol. The van der Waals surface area contributed by atoms with Crippen LogP contribution in [0.15, 0.2) is 54.9 Å². The van der Waals surface area contributed by atoms with Crippen molar-refractivity contribution >= 4 is 75.5 Å². The zero-order valence-corrected chi connectivity index (χ0v) is 20.6. The van der Waals surface area contributed by atoms with Crippen LogP contribution in [-0.4, -0.2) is 32.5 Å². The van der Waals surface area contributed by atoms with E-state index in [1.54, 1.807) is 47.4 Å². The number of anilines is 1. The van der Waals surface area contributed by atoms with Gasteiger partial charge in [0.15, 0.2) is 0 Å². The Labute approximate surface area is 215 Å². The van der Waals surface area contributed by atoms with E-state index < -0.39 is 22.1 Å². The molecule has 2 amide bonds. The van der Waals surface area contributed by atoms with Gasteiger partial charge >= 0.3 is 0 Å². The quantitative estimate of drug-likeness (QED) is 0.368. The molecular weight excluding hydrogens is 530 g/mol. The van der Waals surface area contributed by atoms with Crippen molar-refractivity contribution in [3.8, 4) is 0 Å². The molecule has 172 valence electrons. The maximum absolute atomic E-state index is 12.9. The molecular formula is C22H17Cl5N4O2. The van der Waals surface area contributed by atoms with E-state index in [-0.39, 0.29) is 16.5 Å². The van der Waals surface area contributed by atoms with Crippen LogP contribution in [0.3, 0.4) is 0 Å². The number of hydrogen-bond donors (Lipinski definition) is 2. The molecule has 0 bridgehead atoms. The summed E-state index contributed by atoms with van der Waals surface area (Å²) < 4.78 is 0.388. The van der Waals surface area contributed by atoms with E-state index in [9.17, 15) is 9.59 Å². The van der Waals surface area contributed by atoms with Gasteiger partial charge in [0, 0.05) is 40.6 Å². The number of amides is 2. The molecule has 1 heterocycles. The first-order chi connectivity index (χ1) is 15.7. The summed E-state index contributed by atoms with van der Waals surface area (Å²) in [5, 5.41) is 10.7. The number of benzene rings is 2. The molecule has 11 heteroatoms. The number of halogens is 5. The molecule has 0 aliphatic heterocycles. The number of carbonyl (C=O) groups excluding carboxylic acids is 2. The van der Waals surface area contributed by atoms with E-state index >= 15 is 0 Å². The van der Waals surface area contributed by atoms with Gasteiger partial charge in [0.1, 0.15) is 4.33 Å². The minimum atomic E-state index is -1.31. The van der Waals surface area contributed by atoms with Gasteiger partial charge in [-0.2, -0.15) is 5.10 Å². The Morgan fingerprint density at radius 1 is 1.06 bits per heavy atom. The fraction of sp³-hybridized carbons (Fsp3) is 0.227. The molecule has 1 aliphatic carbocycles. The molecule has 1 aliphatic rings. The van der Waals surface area contributed by atoms with Crippen molar-refractivity contribution in [3.63, 3.8) is 0 Å². The highest BCUT2D eigenvalue weighted by Crippen LogP contribution is 2.65. The molecule has 0 saturated heterocycles. The van der Waals surface area contributed by atoms with Gasteiger partial charge in [0.2, 0.25) is 5.91 Å². The number of alkyl halides is 2. The van der Waals surface area contributed by atoms with Crippen molar-refractivity contribution in [3.05, 3.63) is 81.1 Å². The largest absolute Gasteiger partial charge is 0.350 e. The van der Waals surface area contributed by atoms with Crippen molar-refractivity contribution in [2.45, 2.75) is 16.8 Å². The van der Waals surface area contributed by atoms with Gasteiger partial charge in [-0.05, 0) is 48.0 Å². The monoisotopic (exact) mass is 544 g/mol. The van der Waals surface area contributed by atoms with Crippen LogP contribution in [0, 0.1) is 5.92 Å². The number of nitrogens with zero attached hydrogens (tertiary/aromatic N) is 2. The summed E-state index contributed by atoms with van der Waals surface area (Å²) in [4.78, 5) is 25.5. The zero-order chi connectivity index (χ0) is 23.8. The Kier molecular flexibility index (Phi) is 7.12. The molecule has 33 heavy (non-hydrogen) atoms. The summed E-state index contributed by atoms with van der Waals surface area (Å²) >= 11 is 31.2. The highest BCUT2D eigenvalue weighted by molar-refractivity contribution is 6.53. The SMILES string of the molecule is O=C(NCCn1cccn1)c1cc(NC(=O)[C@@H]2[C@@H](c3cc(Cl)cc(Cl)c3)C2(Cl)Cl)ccc1Cl. The van der Waals surface area contributed by atoms with Crippen LogP contribution in [0.25, 0.3) is 0 Å². The van der Waals surface area contributed by atoms with Crippen molar-refractivity contribution in [2.75, 3.05) is 11.9 Å². The standard InChI is InChI=1S/C22H17Cl5N4O2/c23-13-8-12(9-14(24)10-13)18-19(22(18,26)27)21(33)30-15-2-3-17(25)16(11-15)20(32)28-5-7-31-6-1-4-29-31/h1-4,6,8-11,18-19H,5,7H2,(H,28,32)(H,30,33)/t18-,19+/m1/s1. The molecule has 3 aromatic rings. The number of nitrogens with one attached hydrogen (secondary N) is 2. The van der Waals surface area contributed by atoms with Gasteiger partial charge in [0.05, 0.1) is 23.0 Å². The summed E-state index contributed by atoms with van der Waals surface area (Å²) in [6.45, 7) is 0.872. The van der Waals surface area contributed by atoms with Gasteiger partial charge in [-0.15, -0.1) is 23.2 Å². The number of rotatable bonds is 7. The molecule has 1 fully saturated rings. The number of aromatic nitrogens is 2. The molecule has 1 aromatic heterocycles. The van der Waals surface area contributed by atoms with E-state index in [0.717, 1.165) is 0 Å². The first kappa shape index (κ1) is 24.2. The summed E-state index contributed by atoms with van der Waals surface area (Å²) in [6.07, 6.45) is 3.46. The third-order valence-electron chi connectivity index (χ3n) is 5.24. The maximum Gasteiger partial charge on any atom is 0.252 e. The van der Waals surface area contributed by atoms with E-state index in [2.05, 4.69) is 15.7 Å². The predicted octanol–water partition coefficient (Wildman–Crippen LogP) is 5.80. The van der Waals surface area contributed by atoms with Crippen LogP contribution in [0.1, 0.15) is 21.8 Å². The summed E-state index contributed by atoms with van der Waals surface area (Å²) in [5.74, 6) is -1.97. The Hall–Kier alpha value is -1.96. The van der Waals surface area contributed by atoms with Crippen LogP contribution in [-0.2, 0) is 11.3 Å². The smallest absolute Gasteiger partial charge is 0.252 e. The minimum Gasteiger partial charge on any atom is -0.350 e. The molecule has 2 atom stereocenters. The van der Waals surface area contributed by atoms with Gasteiger partial charge in [-0.25, -0.2) is 0 Å². The number of carbonyl (C=O) groups is 2. The fourth-order valence-corrected chi connectivity index (χ4v) is 5.21. The average Bonchev–Trinajstić information content (AvgIpc) is 3.06. The predicted molar refractivity (Wildman–Crippen MR) is 132 cm³/mol. The van der Waals surface area contributed by atoms with E-state index in [0.29, 0.717) is 34.4 Å². The Morgan fingerprint density at radius 2 is 1.79 bits per heavy atom. The molecule has 1 saturated carbocycles. The highest BCUT2D eigenvalue weighted by atomic mass is 35.5. The lowest BCUT2D eigenvalue weighted by Gasteiger charge is -2.10. The van der Waals surface area contributed by atoms with E-state index in [1.165, 1.54) is 12.1 Å². The summed E-state index contributed by atoms with van der Waals surface area (Å²) in [7, 11) is 0. The Morgan fingerprint density at radius 3 is 2.45 bits per heavy atom. The molecule has 0 spiro atoms. The van der Waals surface area contributed by atoms with Gasteiger partial charge in [-0.1, -0.05) is 34.8 Å². The summed E-state index contributed by atoms with van der Waals surface area (Å²) in [6, 6.07) is 11.4. The first-order valence-electron chi connectivity index (χ1n) is 9.86. The van der Waals surface area contributed by atoms with E-state index in [4.69, 9.17) is 58.0 Å². The van der Waals surface area contributed by atoms with Crippen molar-refractivity contribution in [1.29, 1.82) is 0 Å². The van der Waals surface area contributed by atoms with Gasteiger partial charge in [-0.3, -0.25) is 14.3 Å². The molecule has 0 radical (unpaired) electrons. The van der Waals surface area contributed by atoms with Crippen LogP contribution in [0.5, 0.6) is 0 Å². The van der Waals surface area contributed by atoms with Crippen LogP contribution < -0.4 is 10.6 Å². The second-order valence-corrected chi connectivity index (χ2v) is 10.3. The Bertz CT molecular complexity index is 1180. The van der Waals surface area contributed by atoms with Gasteiger partial charge in [0.25, 0.3) is 5.91 Å². The van der Waals surface area contributed by atoms with E-state index in [1.807, 2.05) is 0 Å². The lowest BCUT2D eigenvalue weighted by molar-refractivity contribution is -0.117. The van der Waals surface area contributed by atoms with Gasteiger partial charge < -0.3 is 10.6 Å².